The lowest BCUT2D eigenvalue weighted by Gasteiger charge is -1.98. The summed E-state index contributed by atoms with van der Waals surface area (Å²) in [4.78, 5) is 4.33. The lowest BCUT2D eigenvalue weighted by Crippen LogP contribution is -2.03. The first kappa shape index (κ1) is 10.2. The first-order chi connectivity index (χ1) is 5.20. The Balaban J connectivity index is 3.93. The van der Waals surface area contributed by atoms with Gasteiger partial charge in [-0.1, -0.05) is 6.92 Å². The number of rotatable bonds is 4. The topological polar surface area (TPSA) is 24.4 Å². The Morgan fingerprint density at radius 2 is 2.09 bits per heavy atom. The molecule has 2 heteroatoms. The van der Waals surface area contributed by atoms with Gasteiger partial charge in [-0.2, -0.15) is 0 Å². The molecule has 0 aromatic rings. The predicted molar refractivity (Wildman–Crippen MR) is 51.1 cm³/mol. The zero-order valence-electron chi connectivity index (χ0n) is 7.94. The second kappa shape index (κ2) is 5.96. The van der Waals surface area contributed by atoms with Gasteiger partial charge in [0.1, 0.15) is 0 Å². The van der Waals surface area contributed by atoms with Crippen molar-refractivity contribution in [2.45, 2.75) is 27.2 Å². The number of nitrogens with zero attached hydrogens (tertiary/aromatic N) is 1. The highest BCUT2D eigenvalue weighted by Gasteiger charge is 1.85. The summed E-state index contributed by atoms with van der Waals surface area (Å²) in [7, 11) is 1.92. The van der Waals surface area contributed by atoms with Gasteiger partial charge in [0.25, 0.3) is 0 Å². The highest BCUT2D eigenvalue weighted by atomic mass is 14.8. The zero-order chi connectivity index (χ0) is 8.69. The van der Waals surface area contributed by atoms with Crippen molar-refractivity contribution in [3.05, 3.63) is 11.8 Å². The van der Waals surface area contributed by atoms with Gasteiger partial charge in [0.15, 0.2) is 0 Å². The fourth-order valence-electron chi connectivity index (χ4n) is 0.719. The minimum atomic E-state index is 0.930. The van der Waals surface area contributed by atoms with Gasteiger partial charge in [0, 0.05) is 25.0 Å². The molecule has 0 atom stereocenters. The number of hydrogen-bond acceptors (Lipinski definition) is 2. The molecule has 0 fully saturated rings. The second-order valence-electron chi connectivity index (χ2n) is 2.60. The number of aliphatic imine (C=N–C) groups is 1. The van der Waals surface area contributed by atoms with Crippen LogP contribution in [0.2, 0.25) is 0 Å². The maximum atomic E-state index is 4.33. The maximum absolute atomic E-state index is 4.33. The molecular formula is C9H18N2. The summed E-state index contributed by atoms with van der Waals surface area (Å²) in [5, 5.41) is 3.05. The SMILES string of the molecule is CCC/N=C(C)\C=C(\C)NC. The van der Waals surface area contributed by atoms with E-state index in [1.54, 1.807) is 0 Å². The fraction of sp³-hybridized carbons (Fsp3) is 0.667. The van der Waals surface area contributed by atoms with Crippen LogP contribution in [0.5, 0.6) is 0 Å². The molecule has 64 valence electrons. The Labute approximate surface area is 69.4 Å². The van der Waals surface area contributed by atoms with Crippen LogP contribution in [-0.4, -0.2) is 19.3 Å². The molecule has 11 heavy (non-hydrogen) atoms. The standard InChI is InChI=1S/C9H18N2/c1-5-6-11-9(3)7-8(2)10-4/h7,10H,5-6H2,1-4H3/b8-7-,11-9-. The van der Waals surface area contributed by atoms with Crippen LogP contribution < -0.4 is 5.32 Å². The van der Waals surface area contributed by atoms with E-state index in [0.717, 1.165) is 24.4 Å². The minimum Gasteiger partial charge on any atom is -0.392 e. The molecule has 0 aliphatic carbocycles. The average Bonchev–Trinajstić information content (AvgIpc) is 2.00. The molecule has 0 aliphatic heterocycles. The van der Waals surface area contributed by atoms with E-state index in [-0.39, 0.29) is 0 Å². The Morgan fingerprint density at radius 3 is 2.55 bits per heavy atom. The van der Waals surface area contributed by atoms with E-state index in [9.17, 15) is 0 Å². The molecule has 2 nitrogen and oxygen atoms in total. The maximum Gasteiger partial charge on any atom is 0.0389 e. The predicted octanol–water partition coefficient (Wildman–Crippen LogP) is 1.98. The molecule has 0 heterocycles. The van der Waals surface area contributed by atoms with Gasteiger partial charge < -0.3 is 5.32 Å². The van der Waals surface area contributed by atoms with Crippen LogP contribution in [0.1, 0.15) is 27.2 Å². The fourth-order valence-corrected chi connectivity index (χ4v) is 0.719. The molecular weight excluding hydrogens is 136 g/mol. The van der Waals surface area contributed by atoms with Crippen molar-refractivity contribution < 1.29 is 0 Å². The van der Waals surface area contributed by atoms with E-state index in [2.05, 4.69) is 23.3 Å². The van der Waals surface area contributed by atoms with Crippen molar-refractivity contribution in [2.24, 2.45) is 4.99 Å². The Hall–Kier alpha value is -0.790. The lowest BCUT2D eigenvalue weighted by molar-refractivity contribution is 0.930. The van der Waals surface area contributed by atoms with Crippen LogP contribution in [0, 0.1) is 0 Å². The van der Waals surface area contributed by atoms with Crippen LogP contribution in [0.15, 0.2) is 16.8 Å². The summed E-state index contributed by atoms with van der Waals surface area (Å²) in [5.74, 6) is 0. The molecule has 0 aromatic carbocycles. The summed E-state index contributed by atoms with van der Waals surface area (Å²) >= 11 is 0. The molecule has 0 radical (unpaired) electrons. The number of allylic oxidation sites excluding steroid dienone is 2. The quantitative estimate of drug-likeness (QED) is 0.615. The molecule has 1 N–H and O–H groups in total. The number of nitrogens with one attached hydrogen (secondary N) is 1. The van der Waals surface area contributed by atoms with Crippen molar-refractivity contribution in [1.29, 1.82) is 0 Å². The van der Waals surface area contributed by atoms with Gasteiger partial charge in [-0.15, -0.1) is 0 Å². The van der Waals surface area contributed by atoms with E-state index >= 15 is 0 Å². The Kier molecular flexibility index (Phi) is 5.53. The first-order valence-corrected chi connectivity index (χ1v) is 4.07. The molecule has 0 spiro atoms. The Morgan fingerprint density at radius 1 is 1.45 bits per heavy atom. The van der Waals surface area contributed by atoms with E-state index < -0.39 is 0 Å². The average molecular weight is 154 g/mol. The summed E-state index contributed by atoms with van der Waals surface area (Å²) in [6.07, 6.45) is 3.17. The molecule has 0 aliphatic rings. The molecule has 0 amide bonds. The minimum absolute atomic E-state index is 0.930. The molecule has 0 aromatic heterocycles. The smallest absolute Gasteiger partial charge is 0.0389 e. The van der Waals surface area contributed by atoms with Gasteiger partial charge >= 0.3 is 0 Å². The highest BCUT2D eigenvalue weighted by Crippen LogP contribution is 1.89. The van der Waals surface area contributed by atoms with Crippen LogP contribution >= 0.6 is 0 Å². The summed E-state index contributed by atoms with van der Waals surface area (Å²) < 4.78 is 0. The first-order valence-electron chi connectivity index (χ1n) is 4.07. The van der Waals surface area contributed by atoms with Crippen molar-refractivity contribution in [3.63, 3.8) is 0 Å². The monoisotopic (exact) mass is 154 g/mol. The zero-order valence-corrected chi connectivity index (χ0v) is 7.94. The normalized spacial score (nSPS) is 13.5. The molecule has 0 rings (SSSR count). The van der Waals surface area contributed by atoms with Gasteiger partial charge in [0.2, 0.25) is 0 Å². The van der Waals surface area contributed by atoms with Crippen LogP contribution in [0.4, 0.5) is 0 Å². The van der Waals surface area contributed by atoms with Gasteiger partial charge in [-0.25, -0.2) is 0 Å². The third kappa shape index (κ3) is 5.64. The third-order valence-electron chi connectivity index (χ3n) is 1.40. The van der Waals surface area contributed by atoms with Crippen molar-refractivity contribution in [3.8, 4) is 0 Å². The Bertz CT molecular complexity index is 157. The van der Waals surface area contributed by atoms with E-state index in [0.29, 0.717) is 0 Å². The van der Waals surface area contributed by atoms with E-state index in [1.165, 1.54) is 0 Å². The summed E-state index contributed by atoms with van der Waals surface area (Å²) in [6, 6.07) is 0. The largest absolute Gasteiger partial charge is 0.392 e. The van der Waals surface area contributed by atoms with Gasteiger partial charge in [-0.3, -0.25) is 4.99 Å². The summed E-state index contributed by atoms with van der Waals surface area (Å²) in [5.41, 5.74) is 2.25. The molecule has 0 saturated heterocycles. The molecule has 0 bridgehead atoms. The summed E-state index contributed by atoms with van der Waals surface area (Å²) in [6.45, 7) is 7.12. The second-order valence-corrected chi connectivity index (χ2v) is 2.60. The van der Waals surface area contributed by atoms with Crippen molar-refractivity contribution >= 4 is 5.71 Å². The van der Waals surface area contributed by atoms with Crippen LogP contribution in [0.3, 0.4) is 0 Å². The van der Waals surface area contributed by atoms with E-state index in [4.69, 9.17) is 0 Å². The van der Waals surface area contributed by atoms with Gasteiger partial charge in [0.05, 0.1) is 0 Å². The molecule has 0 unspecified atom stereocenters. The van der Waals surface area contributed by atoms with E-state index in [1.807, 2.05) is 20.9 Å². The lowest BCUT2D eigenvalue weighted by atomic mass is 10.3. The number of hydrogen-bond donors (Lipinski definition) is 1. The van der Waals surface area contributed by atoms with Crippen molar-refractivity contribution in [1.82, 2.24) is 5.32 Å². The van der Waals surface area contributed by atoms with Crippen molar-refractivity contribution in [2.75, 3.05) is 13.6 Å². The van der Waals surface area contributed by atoms with Crippen LogP contribution in [-0.2, 0) is 0 Å². The molecule has 0 saturated carbocycles. The third-order valence-corrected chi connectivity index (χ3v) is 1.40. The highest BCUT2D eigenvalue weighted by molar-refractivity contribution is 5.93. The van der Waals surface area contributed by atoms with Crippen LogP contribution in [0.25, 0.3) is 0 Å². The van der Waals surface area contributed by atoms with Gasteiger partial charge in [-0.05, 0) is 26.3 Å².